The molecule has 17 nitrogen and oxygen atoms in total. The Bertz CT molecular complexity index is 2390. The van der Waals surface area contributed by atoms with Crippen LogP contribution in [0.3, 0.4) is 0 Å². The Morgan fingerprint density at radius 1 is 0.279 bits per heavy atom. The first-order valence-corrected chi connectivity index (χ1v) is 44.1. The average Bonchev–Trinajstić information content (AvgIpc) is 0.999. The molecule has 0 amide bonds. The van der Waals surface area contributed by atoms with Gasteiger partial charge in [0.2, 0.25) is 0 Å². The van der Waals surface area contributed by atoms with E-state index in [4.69, 9.17) is 37.0 Å². The van der Waals surface area contributed by atoms with Crippen molar-refractivity contribution in [1.82, 2.24) is 0 Å². The molecule has 0 bridgehead atoms. The van der Waals surface area contributed by atoms with Crippen LogP contribution in [0.2, 0.25) is 0 Å². The van der Waals surface area contributed by atoms with Crippen LogP contribution < -0.4 is 0 Å². The van der Waals surface area contributed by atoms with Crippen LogP contribution in [0.15, 0.2) is 109 Å². The summed E-state index contributed by atoms with van der Waals surface area (Å²) in [6, 6.07) is 0. The highest BCUT2D eigenvalue weighted by Gasteiger charge is 2.30. The van der Waals surface area contributed by atoms with Gasteiger partial charge in [0.1, 0.15) is 19.3 Å². The third kappa shape index (κ3) is 75.9. The van der Waals surface area contributed by atoms with Crippen LogP contribution in [-0.2, 0) is 65.4 Å². The number of phosphoric acid groups is 2. The molecule has 0 spiro atoms. The summed E-state index contributed by atoms with van der Waals surface area (Å²) in [7, 11) is -9.98. The summed E-state index contributed by atoms with van der Waals surface area (Å²) in [5, 5.41) is 10.6. The monoisotopic (exact) mass is 1500 g/mol. The van der Waals surface area contributed by atoms with Gasteiger partial charge in [-0.2, -0.15) is 0 Å². The highest BCUT2D eigenvalue weighted by atomic mass is 31.2. The Morgan fingerprint density at radius 3 is 0.808 bits per heavy atom. The number of unbranched alkanes of at least 4 members (excludes halogenated alkanes) is 33. The number of hydrogen-bond acceptors (Lipinski definition) is 15. The molecule has 5 atom stereocenters. The molecular weight excluding hydrogens is 1350 g/mol. The van der Waals surface area contributed by atoms with Crippen molar-refractivity contribution in [3.63, 3.8) is 0 Å². The molecule has 0 saturated heterocycles. The number of allylic oxidation sites excluding steroid dienone is 18. The number of aliphatic hydroxyl groups excluding tert-OH is 1. The fourth-order valence-corrected chi connectivity index (χ4v) is 12.5. The maximum atomic E-state index is 13.1. The van der Waals surface area contributed by atoms with Gasteiger partial charge in [0.25, 0.3) is 0 Å². The maximum Gasteiger partial charge on any atom is 0.472 e. The van der Waals surface area contributed by atoms with Gasteiger partial charge in [-0.05, 0) is 135 Å². The number of hydrogen-bond donors (Lipinski definition) is 3. The summed E-state index contributed by atoms with van der Waals surface area (Å²) in [6.07, 6.45) is 83.4. The Labute approximate surface area is 632 Å². The average molecular weight is 1500 g/mol. The SMILES string of the molecule is CC/C=C\C/C=C\C/C=C\C/C=C\CCCCC(=O)OC(COC(=O)CCCCCCCC/C=C\C/C=C\C/C=C\CCCCC)COP(=O)(O)OCC(O)COP(=O)(O)OCC(COC(=O)CCCCCCC/C=C\C/C=C\CCCCC)OC(=O)CCCCCCCCCCCCCCCCC. The van der Waals surface area contributed by atoms with Gasteiger partial charge < -0.3 is 33.8 Å². The third-order valence-electron chi connectivity index (χ3n) is 17.2. The van der Waals surface area contributed by atoms with Crippen molar-refractivity contribution in [3.8, 4) is 0 Å². The minimum absolute atomic E-state index is 0.0386. The van der Waals surface area contributed by atoms with E-state index in [0.717, 1.165) is 161 Å². The minimum Gasteiger partial charge on any atom is -0.462 e. The van der Waals surface area contributed by atoms with E-state index in [1.165, 1.54) is 103 Å². The van der Waals surface area contributed by atoms with E-state index in [-0.39, 0.29) is 25.7 Å². The molecule has 0 heterocycles. The first-order valence-electron chi connectivity index (χ1n) is 41.1. The standard InChI is InChI=1S/C85H148O17P2/c1-5-9-13-17-21-25-29-33-37-38-39-40-44-46-50-54-58-62-66-70-83(88)96-76-81(102-85(90)72-68-64-60-56-52-48-43-36-32-28-24-20-16-12-8-4)78-100-104(93,94)98-74-79(86)73-97-103(91,92)99-77-80(101-84(89)71-67-63-59-55-51-47-42-35-31-27-23-19-15-11-7-3)75-95-82(87)69-65-61-57-53-49-45-41-34-30-26-22-18-14-10-6-2/h12,16,21-22,24-26,28,33-34,36-37,39-41,43,52,56,79-81,86H,5-11,13-15,17-20,23,27,29-32,35,38,42,44-51,53-55,57-78H2,1-4H3,(H,91,92)(H,93,94)/b16-12-,25-21-,26-22-,28-24-,37-33-,40-39-,41-34-,43-36-,56-52-. The molecule has 0 rings (SSSR count). The molecule has 0 aliphatic heterocycles. The van der Waals surface area contributed by atoms with Crippen LogP contribution in [0.4, 0.5) is 0 Å². The van der Waals surface area contributed by atoms with Crippen molar-refractivity contribution >= 4 is 39.5 Å². The van der Waals surface area contributed by atoms with Gasteiger partial charge in [0.15, 0.2) is 12.2 Å². The molecule has 19 heteroatoms. The Kier molecular flexibility index (Phi) is 73.7. The summed E-state index contributed by atoms with van der Waals surface area (Å²) in [5.41, 5.74) is 0. The number of esters is 4. The number of carbonyl (C=O) groups is 4. The second-order valence-corrected chi connectivity index (χ2v) is 30.2. The molecule has 104 heavy (non-hydrogen) atoms. The molecule has 3 N–H and O–H groups in total. The molecule has 0 aliphatic rings. The quantitative estimate of drug-likeness (QED) is 0.0169. The van der Waals surface area contributed by atoms with Crippen molar-refractivity contribution in [2.75, 3.05) is 39.6 Å². The van der Waals surface area contributed by atoms with Crippen molar-refractivity contribution < 1.29 is 80.2 Å². The van der Waals surface area contributed by atoms with Crippen LogP contribution in [-0.4, -0.2) is 96.7 Å². The number of rotatable bonds is 77. The lowest BCUT2D eigenvalue weighted by atomic mass is 10.0. The van der Waals surface area contributed by atoms with Crippen LogP contribution in [0.5, 0.6) is 0 Å². The molecule has 600 valence electrons. The van der Waals surface area contributed by atoms with E-state index in [1.54, 1.807) is 0 Å². The lowest BCUT2D eigenvalue weighted by Crippen LogP contribution is -2.30. The normalized spacial score (nSPS) is 14.4. The molecular formula is C85H148O17P2. The first-order chi connectivity index (χ1) is 50.7. The highest BCUT2D eigenvalue weighted by molar-refractivity contribution is 7.47. The van der Waals surface area contributed by atoms with E-state index >= 15 is 0 Å². The summed E-state index contributed by atoms with van der Waals surface area (Å²) in [5.74, 6) is -2.23. The zero-order chi connectivity index (χ0) is 76.0. The van der Waals surface area contributed by atoms with Crippen molar-refractivity contribution in [1.29, 1.82) is 0 Å². The van der Waals surface area contributed by atoms with E-state index in [1.807, 2.05) is 0 Å². The molecule has 5 unspecified atom stereocenters. The van der Waals surface area contributed by atoms with Crippen molar-refractivity contribution in [3.05, 3.63) is 109 Å². The lowest BCUT2D eigenvalue weighted by Gasteiger charge is -2.21. The molecule has 0 radical (unpaired) electrons. The van der Waals surface area contributed by atoms with Crippen molar-refractivity contribution in [2.45, 2.75) is 367 Å². The number of aliphatic hydroxyl groups is 1. The maximum absolute atomic E-state index is 13.1. The van der Waals surface area contributed by atoms with E-state index < -0.39 is 97.5 Å². The first kappa shape index (κ1) is 99.7. The van der Waals surface area contributed by atoms with E-state index in [9.17, 15) is 43.2 Å². The third-order valence-corrected chi connectivity index (χ3v) is 19.1. The van der Waals surface area contributed by atoms with Gasteiger partial charge >= 0.3 is 39.5 Å². The lowest BCUT2D eigenvalue weighted by molar-refractivity contribution is -0.161. The fraction of sp³-hybridized carbons (Fsp3) is 0.741. The Balaban J connectivity index is 5.39. The smallest absolute Gasteiger partial charge is 0.462 e. The summed E-state index contributed by atoms with van der Waals surface area (Å²) in [6.45, 7) is 4.68. The highest BCUT2D eigenvalue weighted by Crippen LogP contribution is 2.45. The van der Waals surface area contributed by atoms with Crippen molar-refractivity contribution in [2.24, 2.45) is 0 Å². The van der Waals surface area contributed by atoms with Crippen LogP contribution in [0.1, 0.15) is 349 Å². The fourth-order valence-electron chi connectivity index (χ4n) is 11.0. The second-order valence-electron chi connectivity index (χ2n) is 27.3. The molecule has 0 fully saturated rings. The topological polar surface area (TPSA) is 237 Å². The number of phosphoric ester groups is 2. The minimum atomic E-state index is -4.99. The summed E-state index contributed by atoms with van der Waals surface area (Å²) >= 11 is 0. The Hall–Kier alpha value is -4.28. The number of ether oxygens (including phenoxy) is 4. The predicted octanol–water partition coefficient (Wildman–Crippen LogP) is 24.1. The van der Waals surface area contributed by atoms with Gasteiger partial charge in [0.05, 0.1) is 26.4 Å². The van der Waals surface area contributed by atoms with E-state index in [0.29, 0.717) is 32.1 Å². The van der Waals surface area contributed by atoms with Crippen LogP contribution >= 0.6 is 15.6 Å². The zero-order valence-corrected chi connectivity index (χ0v) is 67.5. The van der Waals surface area contributed by atoms with Gasteiger partial charge in [-0.1, -0.05) is 298 Å². The summed E-state index contributed by atoms with van der Waals surface area (Å²) in [4.78, 5) is 73.1. The largest absolute Gasteiger partial charge is 0.472 e. The van der Waals surface area contributed by atoms with Gasteiger partial charge in [0, 0.05) is 25.7 Å². The van der Waals surface area contributed by atoms with Crippen LogP contribution in [0.25, 0.3) is 0 Å². The summed E-state index contributed by atoms with van der Waals surface area (Å²) < 4.78 is 68.6. The molecule has 0 saturated carbocycles. The molecule has 0 aliphatic carbocycles. The van der Waals surface area contributed by atoms with Gasteiger partial charge in [-0.3, -0.25) is 37.3 Å². The second kappa shape index (κ2) is 76.9. The van der Waals surface area contributed by atoms with Crippen LogP contribution in [0, 0.1) is 0 Å². The number of carbonyl (C=O) groups excluding carboxylic acids is 4. The van der Waals surface area contributed by atoms with E-state index in [2.05, 4.69) is 137 Å². The van der Waals surface area contributed by atoms with Gasteiger partial charge in [-0.25, -0.2) is 9.13 Å². The van der Waals surface area contributed by atoms with Gasteiger partial charge in [-0.15, -0.1) is 0 Å². The predicted molar refractivity (Wildman–Crippen MR) is 427 cm³/mol. The zero-order valence-electron chi connectivity index (χ0n) is 65.7. The molecule has 0 aromatic rings. The molecule has 0 aromatic heterocycles. The molecule has 0 aromatic carbocycles. The Morgan fingerprint density at radius 2 is 0.500 bits per heavy atom.